The van der Waals surface area contributed by atoms with E-state index in [-0.39, 0.29) is 18.9 Å². The van der Waals surface area contributed by atoms with Gasteiger partial charge in [-0.3, -0.25) is 10.1 Å². The van der Waals surface area contributed by atoms with Crippen LogP contribution in [0.2, 0.25) is 0 Å². The third-order valence-corrected chi connectivity index (χ3v) is 2.46. The molecule has 0 fully saturated rings. The zero-order chi connectivity index (χ0) is 13.4. The van der Waals surface area contributed by atoms with Crippen molar-refractivity contribution in [2.45, 2.75) is 6.42 Å². The number of rotatable bonds is 7. The van der Waals surface area contributed by atoms with Crippen LogP contribution in [0.25, 0.3) is 6.08 Å². The van der Waals surface area contributed by atoms with Crippen molar-refractivity contribution in [2.75, 3.05) is 13.7 Å². The van der Waals surface area contributed by atoms with Gasteiger partial charge in [0.05, 0.1) is 7.11 Å². The Morgan fingerprint density at radius 3 is 2.56 bits per heavy atom. The predicted octanol–water partition coefficient (Wildman–Crippen LogP) is 2.19. The maximum absolute atomic E-state index is 10.4. The topological polar surface area (TPSA) is 69.4 Å². The van der Waals surface area contributed by atoms with Crippen LogP contribution in [0, 0.1) is 16.0 Å². The van der Waals surface area contributed by atoms with E-state index in [0.717, 1.165) is 11.3 Å². The van der Waals surface area contributed by atoms with E-state index in [1.165, 1.54) is 0 Å². The number of hydrogen-bond donors (Lipinski definition) is 0. The molecule has 1 atom stereocenters. The van der Waals surface area contributed by atoms with Crippen LogP contribution in [0.3, 0.4) is 0 Å². The molecule has 1 unspecified atom stereocenters. The second-order valence-electron chi connectivity index (χ2n) is 3.81. The van der Waals surface area contributed by atoms with Gasteiger partial charge >= 0.3 is 0 Å². The van der Waals surface area contributed by atoms with Gasteiger partial charge in [0.1, 0.15) is 12.0 Å². The number of methoxy groups -OCH3 is 1. The van der Waals surface area contributed by atoms with Crippen LogP contribution < -0.4 is 4.74 Å². The fourth-order valence-corrected chi connectivity index (χ4v) is 1.49. The number of nitro groups is 1. The summed E-state index contributed by atoms with van der Waals surface area (Å²) >= 11 is 0. The summed E-state index contributed by atoms with van der Waals surface area (Å²) < 4.78 is 5.03. The largest absolute Gasteiger partial charge is 0.497 e. The summed E-state index contributed by atoms with van der Waals surface area (Å²) in [6, 6.07) is 7.31. The van der Waals surface area contributed by atoms with Crippen molar-refractivity contribution in [1.82, 2.24) is 0 Å². The number of carbonyl (C=O) groups is 1. The number of ether oxygens (including phenoxy) is 1. The van der Waals surface area contributed by atoms with Crippen LogP contribution >= 0.6 is 0 Å². The van der Waals surface area contributed by atoms with Crippen LogP contribution in [0.15, 0.2) is 30.3 Å². The van der Waals surface area contributed by atoms with Gasteiger partial charge in [-0.2, -0.15) is 0 Å². The Bertz CT molecular complexity index is 425. The minimum absolute atomic E-state index is 0.160. The standard InChI is InChI=1S/C13H15NO4/c1-18-13-6-4-11(5-7-13)2-3-12(8-9-15)10-14(16)17/h2-7,9,12H,8,10H2,1H3/b3-2+. The van der Waals surface area contributed by atoms with Gasteiger partial charge in [-0.15, -0.1) is 0 Å². The van der Waals surface area contributed by atoms with Gasteiger partial charge < -0.3 is 9.53 Å². The molecule has 0 aliphatic carbocycles. The Balaban J connectivity index is 2.68. The predicted molar refractivity (Wildman–Crippen MR) is 68.1 cm³/mol. The Morgan fingerprint density at radius 2 is 2.06 bits per heavy atom. The van der Waals surface area contributed by atoms with Crippen LogP contribution in [-0.4, -0.2) is 24.9 Å². The number of benzene rings is 1. The van der Waals surface area contributed by atoms with Crippen LogP contribution in [0.5, 0.6) is 5.75 Å². The molecule has 0 aliphatic rings. The highest BCUT2D eigenvalue weighted by Gasteiger charge is 2.10. The molecule has 0 spiro atoms. The summed E-state index contributed by atoms with van der Waals surface area (Å²) in [6.45, 7) is -0.231. The second-order valence-corrected chi connectivity index (χ2v) is 3.81. The molecule has 1 aromatic rings. The summed E-state index contributed by atoms with van der Waals surface area (Å²) in [5.74, 6) is 0.390. The van der Waals surface area contributed by atoms with Crippen molar-refractivity contribution >= 4 is 12.4 Å². The van der Waals surface area contributed by atoms with Crippen molar-refractivity contribution < 1.29 is 14.5 Å². The monoisotopic (exact) mass is 249 g/mol. The molecule has 0 bridgehead atoms. The fourth-order valence-electron chi connectivity index (χ4n) is 1.49. The smallest absolute Gasteiger partial charge is 0.210 e. The average Bonchev–Trinajstić information content (AvgIpc) is 2.36. The first kappa shape index (κ1) is 13.9. The zero-order valence-corrected chi connectivity index (χ0v) is 10.1. The third kappa shape index (κ3) is 4.78. The lowest BCUT2D eigenvalue weighted by Crippen LogP contribution is -2.12. The number of nitrogens with zero attached hydrogens (tertiary/aromatic N) is 1. The quantitative estimate of drug-likeness (QED) is 0.422. The molecule has 1 aromatic carbocycles. The highest BCUT2D eigenvalue weighted by molar-refractivity contribution is 5.54. The van der Waals surface area contributed by atoms with E-state index in [2.05, 4.69) is 0 Å². The SMILES string of the molecule is COc1ccc(/C=C/C(CC=O)C[N+](=O)[O-])cc1. The summed E-state index contributed by atoms with van der Waals surface area (Å²) in [7, 11) is 1.59. The Labute approximate surface area is 105 Å². The molecule has 5 heteroatoms. The van der Waals surface area contributed by atoms with Crippen LogP contribution in [0.1, 0.15) is 12.0 Å². The summed E-state index contributed by atoms with van der Waals surface area (Å²) in [5.41, 5.74) is 0.912. The van der Waals surface area contributed by atoms with Crippen molar-refractivity contribution in [2.24, 2.45) is 5.92 Å². The van der Waals surface area contributed by atoms with E-state index in [1.807, 2.05) is 24.3 Å². The highest BCUT2D eigenvalue weighted by Crippen LogP contribution is 2.14. The van der Waals surface area contributed by atoms with Crippen molar-refractivity contribution in [1.29, 1.82) is 0 Å². The lowest BCUT2D eigenvalue weighted by molar-refractivity contribution is -0.485. The molecule has 18 heavy (non-hydrogen) atoms. The first-order chi connectivity index (χ1) is 8.65. The molecule has 0 aromatic heterocycles. The van der Waals surface area contributed by atoms with Crippen LogP contribution in [0.4, 0.5) is 0 Å². The van der Waals surface area contributed by atoms with Crippen LogP contribution in [-0.2, 0) is 4.79 Å². The molecule has 1 rings (SSSR count). The maximum atomic E-state index is 10.4. The van der Waals surface area contributed by atoms with Gasteiger partial charge in [0.25, 0.3) is 0 Å². The van der Waals surface area contributed by atoms with E-state index >= 15 is 0 Å². The molecule has 0 N–H and O–H groups in total. The zero-order valence-electron chi connectivity index (χ0n) is 10.1. The molecule has 0 saturated carbocycles. The van der Waals surface area contributed by atoms with E-state index in [0.29, 0.717) is 6.29 Å². The Kier molecular flexibility index (Phi) is 5.57. The Hall–Kier alpha value is -2.17. The first-order valence-electron chi connectivity index (χ1n) is 5.53. The number of aldehydes is 1. The highest BCUT2D eigenvalue weighted by atomic mass is 16.6. The summed E-state index contributed by atoms with van der Waals surface area (Å²) in [4.78, 5) is 20.4. The molecule has 0 aliphatic heterocycles. The molecule has 0 heterocycles. The summed E-state index contributed by atoms with van der Waals surface area (Å²) in [6.07, 6.45) is 4.33. The van der Waals surface area contributed by atoms with Gasteiger partial charge in [-0.1, -0.05) is 24.3 Å². The van der Waals surface area contributed by atoms with E-state index in [1.54, 1.807) is 19.3 Å². The van der Waals surface area contributed by atoms with Gasteiger partial charge in [-0.25, -0.2) is 0 Å². The lowest BCUT2D eigenvalue weighted by atomic mass is 10.0. The minimum Gasteiger partial charge on any atom is -0.497 e. The van der Waals surface area contributed by atoms with Crippen molar-refractivity contribution in [3.8, 4) is 5.75 Å². The Morgan fingerprint density at radius 1 is 1.39 bits per heavy atom. The third-order valence-electron chi connectivity index (χ3n) is 2.46. The van der Waals surface area contributed by atoms with Crippen molar-refractivity contribution in [3.63, 3.8) is 0 Å². The van der Waals surface area contributed by atoms with E-state index < -0.39 is 4.92 Å². The number of carbonyl (C=O) groups excluding carboxylic acids is 1. The van der Waals surface area contributed by atoms with Gasteiger partial charge in [0, 0.05) is 17.3 Å². The normalized spacial score (nSPS) is 12.3. The van der Waals surface area contributed by atoms with Crippen molar-refractivity contribution in [3.05, 3.63) is 46.0 Å². The van der Waals surface area contributed by atoms with Gasteiger partial charge in [0.15, 0.2) is 0 Å². The van der Waals surface area contributed by atoms with Gasteiger partial charge in [0.2, 0.25) is 6.54 Å². The lowest BCUT2D eigenvalue weighted by Gasteiger charge is -2.03. The fraction of sp³-hybridized carbons (Fsp3) is 0.308. The molecular weight excluding hydrogens is 234 g/mol. The molecule has 96 valence electrons. The maximum Gasteiger partial charge on any atom is 0.210 e. The molecular formula is C13H15NO4. The minimum atomic E-state index is -0.410. The van der Waals surface area contributed by atoms with E-state index in [4.69, 9.17) is 4.74 Å². The molecule has 0 saturated heterocycles. The molecule has 0 amide bonds. The van der Waals surface area contributed by atoms with E-state index in [9.17, 15) is 14.9 Å². The van der Waals surface area contributed by atoms with Gasteiger partial charge in [-0.05, 0) is 17.7 Å². The first-order valence-corrected chi connectivity index (χ1v) is 5.53. The second kappa shape index (κ2) is 7.21. The molecule has 0 radical (unpaired) electrons. The average molecular weight is 249 g/mol. The summed E-state index contributed by atoms with van der Waals surface area (Å²) in [5, 5.41) is 10.4. The molecule has 5 nitrogen and oxygen atoms in total. The number of hydrogen-bond acceptors (Lipinski definition) is 4.